The lowest BCUT2D eigenvalue weighted by molar-refractivity contribution is -0.161. The van der Waals surface area contributed by atoms with E-state index in [0.717, 1.165) is 0 Å². The number of hydroxylamine groups is 2. The molecule has 1 aliphatic rings. The van der Waals surface area contributed by atoms with E-state index in [9.17, 15) is 0 Å². The number of nitrogens with zero attached hydrogens (tertiary/aromatic N) is 1. The fourth-order valence-corrected chi connectivity index (χ4v) is 1.75. The zero-order valence-corrected chi connectivity index (χ0v) is 9.16. The van der Waals surface area contributed by atoms with Crippen molar-refractivity contribution in [1.29, 1.82) is 5.41 Å². The average Bonchev–Trinajstić information content (AvgIpc) is 2.41. The first-order valence-electron chi connectivity index (χ1n) is 5.15. The van der Waals surface area contributed by atoms with E-state index in [0.29, 0.717) is 18.8 Å². The summed E-state index contributed by atoms with van der Waals surface area (Å²) in [5, 5.41) is 9.49. The molecule has 0 aliphatic carbocycles. The molecule has 1 aromatic carbocycles. The van der Waals surface area contributed by atoms with Crippen LogP contribution in [0.15, 0.2) is 30.3 Å². The van der Waals surface area contributed by atoms with Crippen LogP contribution in [0.25, 0.3) is 0 Å². The molecule has 0 aromatic heterocycles. The van der Waals surface area contributed by atoms with Gasteiger partial charge in [-0.25, -0.2) is 5.06 Å². The van der Waals surface area contributed by atoms with Gasteiger partial charge in [-0.3, -0.25) is 10.2 Å². The van der Waals surface area contributed by atoms with Gasteiger partial charge in [-0.05, 0) is 19.4 Å². The van der Waals surface area contributed by atoms with Crippen LogP contribution in [0.4, 0.5) is 0 Å². The summed E-state index contributed by atoms with van der Waals surface area (Å²) in [7, 11) is 0. The standard InChI is InChI=1S/C12H16N2O/c1-12(2)8-11(13)14(15-12)9-10-6-4-3-5-7-10/h3-7,13H,8-9H2,1-2H3. The lowest BCUT2D eigenvalue weighted by Gasteiger charge is -2.20. The van der Waals surface area contributed by atoms with E-state index in [1.807, 2.05) is 44.2 Å². The summed E-state index contributed by atoms with van der Waals surface area (Å²) in [6.07, 6.45) is 0.680. The second-order valence-corrected chi connectivity index (χ2v) is 4.50. The van der Waals surface area contributed by atoms with E-state index in [1.54, 1.807) is 5.06 Å². The maximum Gasteiger partial charge on any atom is 0.124 e. The van der Waals surface area contributed by atoms with Crippen molar-refractivity contribution < 1.29 is 4.84 Å². The minimum atomic E-state index is -0.230. The summed E-state index contributed by atoms with van der Waals surface area (Å²) >= 11 is 0. The summed E-state index contributed by atoms with van der Waals surface area (Å²) in [5.74, 6) is 0.559. The van der Waals surface area contributed by atoms with Gasteiger partial charge < -0.3 is 0 Å². The van der Waals surface area contributed by atoms with Crippen molar-refractivity contribution in [2.75, 3.05) is 0 Å². The SMILES string of the molecule is CC1(C)CC(=N)N(Cc2ccccc2)O1. The number of rotatable bonds is 2. The molecule has 3 heteroatoms. The van der Waals surface area contributed by atoms with Crippen molar-refractivity contribution in [3.05, 3.63) is 35.9 Å². The highest BCUT2D eigenvalue weighted by atomic mass is 16.7. The van der Waals surface area contributed by atoms with Crippen LogP contribution in [-0.2, 0) is 11.4 Å². The van der Waals surface area contributed by atoms with Gasteiger partial charge in [0.15, 0.2) is 0 Å². The number of nitrogens with one attached hydrogen (secondary N) is 1. The fourth-order valence-electron chi connectivity index (χ4n) is 1.75. The second-order valence-electron chi connectivity index (χ2n) is 4.50. The van der Waals surface area contributed by atoms with Crippen LogP contribution in [0.1, 0.15) is 25.8 Å². The zero-order chi connectivity index (χ0) is 10.9. The quantitative estimate of drug-likeness (QED) is 0.803. The predicted octanol–water partition coefficient (Wildman–Crippen LogP) is 2.58. The van der Waals surface area contributed by atoms with Crippen LogP contribution >= 0.6 is 0 Å². The molecule has 1 aromatic rings. The van der Waals surface area contributed by atoms with Gasteiger partial charge in [0.25, 0.3) is 0 Å². The third kappa shape index (κ3) is 2.36. The second kappa shape index (κ2) is 3.66. The number of benzene rings is 1. The van der Waals surface area contributed by atoms with E-state index in [2.05, 4.69) is 0 Å². The minimum absolute atomic E-state index is 0.230. The van der Waals surface area contributed by atoms with Crippen molar-refractivity contribution in [3.8, 4) is 0 Å². The Balaban J connectivity index is 2.05. The molecule has 0 bridgehead atoms. The maximum absolute atomic E-state index is 7.81. The highest BCUT2D eigenvalue weighted by molar-refractivity contribution is 5.80. The first-order valence-corrected chi connectivity index (χ1v) is 5.15. The van der Waals surface area contributed by atoms with E-state index in [4.69, 9.17) is 10.2 Å². The number of hydrogen-bond donors (Lipinski definition) is 1. The van der Waals surface area contributed by atoms with Crippen molar-refractivity contribution >= 4 is 5.84 Å². The van der Waals surface area contributed by atoms with Crippen molar-refractivity contribution in [2.24, 2.45) is 0 Å². The summed E-state index contributed by atoms with van der Waals surface area (Å²) < 4.78 is 0. The molecule has 0 unspecified atom stereocenters. The van der Waals surface area contributed by atoms with E-state index < -0.39 is 0 Å². The molecule has 0 amide bonds. The Morgan fingerprint density at radius 1 is 1.33 bits per heavy atom. The Kier molecular flexibility index (Phi) is 2.49. The average molecular weight is 204 g/mol. The molecule has 0 radical (unpaired) electrons. The van der Waals surface area contributed by atoms with Gasteiger partial charge in [0.2, 0.25) is 0 Å². The highest BCUT2D eigenvalue weighted by Gasteiger charge is 2.34. The maximum atomic E-state index is 7.81. The van der Waals surface area contributed by atoms with Crippen molar-refractivity contribution in [3.63, 3.8) is 0 Å². The molecule has 80 valence electrons. The van der Waals surface area contributed by atoms with E-state index in [-0.39, 0.29) is 5.60 Å². The smallest absolute Gasteiger partial charge is 0.124 e. The third-order valence-electron chi connectivity index (χ3n) is 2.42. The summed E-state index contributed by atoms with van der Waals surface area (Å²) in [6, 6.07) is 10.1. The monoisotopic (exact) mass is 204 g/mol. The Morgan fingerprint density at radius 2 is 2.00 bits per heavy atom. The molecule has 2 rings (SSSR count). The van der Waals surface area contributed by atoms with Gasteiger partial charge >= 0.3 is 0 Å². The van der Waals surface area contributed by atoms with Gasteiger partial charge in [-0.15, -0.1) is 0 Å². The minimum Gasteiger partial charge on any atom is -0.287 e. The van der Waals surface area contributed by atoms with Gasteiger partial charge in [0, 0.05) is 6.42 Å². The Hall–Kier alpha value is -1.35. The predicted molar refractivity (Wildman–Crippen MR) is 59.5 cm³/mol. The van der Waals surface area contributed by atoms with E-state index >= 15 is 0 Å². The van der Waals surface area contributed by atoms with Gasteiger partial charge in [-0.2, -0.15) is 0 Å². The lowest BCUT2D eigenvalue weighted by atomic mass is 10.1. The molecule has 1 fully saturated rings. The Labute approximate surface area is 90.1 Å². The molecule has 15 heavy (non-hydrogen) atoms. The largest absolute Gasteiger partial charge is 0.287 e. The van der Waals surface area contributed by atoms with Crippen LogP contribution in [0.2, 0.25) is 0 Å². The highest BCUT2D eigenvalue weighted by Crippen LogP contribution is 2.27. The topological polar surface area (TPSA) is 36.3 Å². The summed E-state index contributed by atoms with van der Waals surface area (Å²) in [5.41, 5.74) is 0.936. The van der Waals surface area contributed by atoms with Crippen molar-refractivity contribution in [1.82, 2.24) is 5.06 Å². The molecule has 1 aliphatic heterocycles. The fraction of sp³-hybridized carbons (Fsp3) is 0.417. The van der Waals surface area contributed by atoms with Crippen LogP contribution in [0.3, 0.4) is 0 Å². The molecule has 0 spiro atoms. The molecule has 0 saturated carbocycles. The normalized spacial score (nSPS) is 19.6. The Bertz CT molecular complexity index is 359. The van der Waals surface area contributed by atoms with Crippen LogP contribution < -0.4 is 0 Å². The first kappa shape index (κ1) is 10.2. The number of hydrogen-bond acceptors (Lipinski definition) is 2. The van der Waals surface area contributed by atoms with Gasteiger partial charge in [-0.1, -0.05) is 30.3 Å². The van der Waals surface area contributed by atoms with Crippen LogP contribution in [0, 0.1) is 5.41 Å². The molecule has 3 nitrogen and oxygen atoms in total. The van der Waals surface area contributed by atoms with Gasteiger partial charge in [0.1, 0.15) is 5.84 Å². The molecule has 1 N–H and O–H groups in total. The zero-order valence-electron chi connectivity index (χ0n) is 9.16. The Morgan fingerprint density at radius 3 is 2.53 bits per heavy atom. The lowest BCUT2D eigenvalue weighted by Crippen LogP contribution is -2.25. The van der Waals surface area contributed by atoms with Gasteiger partial charge in [0.05, 0.1) is 12.1 Å². The van der Waals surface area contributed by atoms with Crippen LogP contribution in [-0.4, -0.2) is 16.5 Å². The summed E-state index contributed by atoms with van der Waals surface area (Å²) in [6.45, 7) is 4.67. The van der Waals surface area contributed by atoms with Crippen LogP contribution in [0.5, 0.6) is 0 Å². The molecular formula is C12H16N2O. The van der Waals surface area contributed by atoms with E-state index in [1.165, 1.54) is 5.56 Å². The molecule has 0 atom stereocenters. The number of amidine groups is 1. The summed E-state index contributed by atoms with van der Waals surface area (Å²) in [4.78, 5) is 5.67. The molecule has 1 saturated heterocycles. The molecular weight excluding hydrogens is 188 g/mol. The van der Waals surface area contributed by atoms with Crippen molar-refractivity contribution in [2.45, 2.75) is 32.4 Å². The first-order chi connectivity index (χ1) is 7.07. The third-order valence-corrected chi connectivity index (χ3v) is 2.42. The molecule has 1 heterocycles.